The Balaban J connectivity index is 0.000000361. The van der Waals surface area contributed by atoms with Crippen LogP contribution in [0.5, 0.6) is 11.5 Å². The van der Waals surface area contributed by atoms with Crippen molar-refractivity contribution in [2.45, 2.75) is 85.0 Å². The molecule has 0 heterocycles. The van der Waals surface area contributed by atoms with Crippen LogP contribution in [0.1, 0.15) is 96.1 Å². The first-order valence-corrected chi connectivity index (χ1v) is 19.2. The number of benzene rings is 4. The van der Waals surface area contributed by atoms with Crippen LogP contribution in [0.3, 0.4) is 0 Å². The summed E-state index contributed by atoms with van der Waals surface area (Å²) in [5.74, 6) is 2.20. The monoisotopic (exact) mass is 746 g/mol. The summed E-state index contributed by atoms with van der Waals surface area (Å²) in [6.07, 6.45) is 6.42. The smallest absolute Gasteiger partial charge is 0.870 e. The van der Waals surface area contributed by atoms with Crippen LogP contribution in [0.4, 0.5) is 0 Å². The van der Waals surface area contributed by atoms with Crippen molar-refractivity contribution in [3.8, 4) is 33.8 Å². The number of carbonyl (C=O) groups excluding carboxylic acids is 1. The van der Waals surface area contributed by atoms with E-state index in [-0.39, 0.29) is 41.7 Å². The maximum atomic E-state index is 12.6. The summed E-state index contributed by atoms with van der Waals surface area (Å²) >= 11 is 0. The van der Waals surface area contributed by atoms with E-state index < -0.39 is 11.9 Å². The maximum Gasteiger partial charge on any atom is 1.00 e. The van der Waals surface area contributed by atoms with Crippen molar-refractivity contribution < 1.29 is 58.7 Å². The molecule has 2 saturated carbocycles. The second-order valence-electron chi connectivity index (χ2n) is 15.2. The average Bonchev–Trinajstić information content (AvgIpc) is 4.09. The summed E-state index contributed by atoms with van der Waals surface area (Å²) in [7, 11) is 0. The van der Waals surface area contributed by atoms with Crippen molar-refractivity contribution >= 4 is 11.9 Å². The quantitative estimate of drug-likeness (QED) is 0.0890. The molecular formula is C46H59LiO8. The van der Waals surface area contributed by atoms with Crippen molar-refractivity contribution in [3.05, 3.63) is 108 Å². The largest absolute Gasteiger partial charge is 1.00 e. The Kier molecular flexibility index (Phi) is 19.8. The van der Waals surface area contributed by atoms with Gasteiger partial charge in [0, 0.05) is 11.1 Å². The van der Waals surface area contributed by atoms with Crippen molar-refractivity contribution in [2.24, 2.45) is 23.7 Å². The van der Waals surface area contributed by atoms with Crippen LogP contribution in [-0.2, 0) is 14.3 Å². The van der Waals surface area contributed by atoms with E-state index in [1.54, 1.807) is 0 Å². The summed E-state index contributed by atoms with van der Waals surface area (Å²) in [6.45, 7) is 12.2. The molecular weight excluding hydrogens is 687 g/mol. The summed E-state index contributed by atoms with van der Waals surface area (Å²) in [5, 5.41) is 9.66. The molecule has 9 heteroatoms. The van der Waals surface area contributed by atoms with Crippen molar-refractivity contribution in [1.29, 1.82) is 0 Å². The van der Waals surface area contributed by atoms with Gasteiger partial charge in [0.15, 0.2) is 0 Å². The fourth-order valence-corrected chi connectivity index (χ4v) is 6.38. The third-order valence-corrected chi connectivity index (χ3v) is 9.61. The van der Waals surface area contributed by atoms with Gasteiger partial charge < -0.3 is 30.3 Å². The van der Waals surface area contributed by atoms with Crippen LogP contribution in [0.15, 0.2) is 97.1 Å². The van der Waals surface area contributed by atoms with Gasteiger partial charge in [0.2, 0.25) is 0 Å². The fourth-order valence-electron chi connectivity index (χ4n) is 6.38. The van der Waals surface area contributed by atoms with Crippen molar-refractivity contribution in [1.82, 2.24) is 0 Å². The second kappa shape index (κ2) is 23.1. The standard InChI is InChI=1S/C24H30O3.C22H26O3.Li.2H2O/c1-4-26-24(25)22(14-17(2)3)20-12-13-23(27-16-18-10-11-18)21(15-20)19-8-6-5-7-9-19;1-15(2)12-20(22(23)24)18-10-11-21(25-14-16-8-9-16)19(13-18)17-6-4-3-5-7-17;;;/h5-9,12-13,15,17-18,22H,4,10-11,14,16H2,1-3H3;3-7,10-11,13,15-16,20H,8-9,12,14H2,1-2H3,(H,23,24);;2*1H2/q;;+1;;/p-1. The SMILES string of the molecule is CC(C)CC(C(=O)O)c1ccc(OCC2CC2)c(-c2ccccc2)c1.CCOC(=O)C(CC(C)C)c1ccc(OCC2CC2)c(-c2ccccc2)c1.O.[Li+].[OH-]. The number of esters is 1. The zero-order chi connectivity index (χ0) is 37.0. The van der Waals surface area contributed by atoms with Gasteiger partial charge in [-0.3, -0.25) is 9.59 Å². The molecule has 0 amide bonds. The van der Waals surface area contributed by atoms with Gasteiger partial charge in [-0.15, -0.1) is 0 Å². The van der Waals surface area contributed by atoms with Crippen LogP contribution in [0.2, 0.25) is 0 Å². The van der Waals surface area contributed by atoms with E-state index in [1.807, 2.05) is 85.8 Å². The Morgan fingerprint density at radius 1 is 0.655 bits per heavy atom. The van der Waals surface area contributed by atoms with E-state index in [0.29, 0.717) is 36.7 Å². The predicted octanol–water partition coefficient (Wildman–Crippen LogP) is 7.19. The third-order valence-electron chi connectivity index (χ3n) is 9.61. The van der Waals surface area contributed by atoms with Crippen LogP contribution in [-0.4, -0.2) is 47.8 Å². The first kappa shape index (κ1) is 47.1. The van der Waals surface area contributed by atoms with Gasteiger partial charge in [-0.25, -0.2) is 0 Å². The van der Waals surface area contributed by atoms with E-state index >= 15 is 0 Å². The predicted molar refractivity (Wildman–Crippen MR) is 214 cm³/mol. The Hall–Kier alpha value is -4.06. The number of carbonyl (C=O) groups is 2. The Bertz CT molecular complexity index is 1740. The molecule has 6 rings (SSSR count). The first-order valence-electron chi connectivity index (χ1n) is 19.2. The molecule has 0 aliphatic heterocycles. The number of aliphatic carboxylic acids is 1. The molecule has 8 nitrogen and oxygen atoms in total. The van der Waals surface area contributed by atoms with Crippen LogP contribution in [0, 0.1) is 23.7 Å². The topological polar surface area (TPSA) is 144 Å². The summed E-state index contributed by atoms with van der Waals surface area (Å²) in [4.78, 5) is 24.3. The minimum absolute atomic E-state index is 0. The Morgan fingerprint density at radius 3 is 1.42 bits per heavy atom. The summed E-state index contributed by atoms with van der Waals surface area (Å²) < 4.78 is 17.5. The molecule has 2 atom stereocenters. The van der Waals surface area contributed by atoms with Crippen LogP contribution >= 0.6 is 0 Å². The van der Waals surface area contributed by atoms with Crippen LogP contribution in [0.25, 0.3) is 22.3 Å². The zero-order valence-electron chi connectivity index (χ0n) is 33.5. The number of carboxylic acids is 1. The van der Waals surface area contributed by atoms with E-state index in [2.05, 4.69) is 45.9 Å². The number of hydrogen-bond acceptors (Lipinski definition) is 6. The molecule has 4 aromatic carbocycles. The van der Waals surface area contributed by atoms with E-state index in [9.17, 15) is 14.7 Å². The van der Waals surface area contributed by atoms with E-state index in [0.717, 1.165) is 64.5 Å². The molecule has 0 radical (unpaired) electrons. The zero-order valence-corrected chi connectivity index (χ0v) is 33.5. The van der Waals surface area contributed by atoms with Gasteiger partial charge >= 0.3 is 30.8 Å². The van der Waals surface area contributed by atoms with Crippen LogP contribution < -0.4 is 28.3 Å². The minimum atomic E-state index is -0.764. The molecule has 2 aliphatic carbocycles. The Labute approximate surface area is 339 Å². The van der Waals surface area contributed by atoms with Gasteiger partial charge in [0.1, 0.15) is 11.5 Å². The molecule has 0 bridgehead atoms. The molecule has 0 spiro atoms. The van der Waals surface area contributed by atoms with Crippen molar-refractivity contribution in [2.75, 3.05) is 19.8 Å². The summed E-state index contributed by atoms with van der Waals surface area (Å²) in [5.41, 5.74) is 6.04. The first-order chi connectivity index (χ1) is 25.1. The Morgan fingerprint density at radius 2 is 1.05 bits per heavy atom. The molecule has 4 N–H and O–H groups in total. The van der Waals surface area contributed by atoms with Gasteiger partial charge in [-0.05, 0) is 116 Å². The minimum Gasteiger partial charge on any atom is -0.870 e. The third kappa shape index (κ3) is 14.5. The number of rotatable bonds is 17. The molecule has 2 aliphatic rings. The van der Waals surface area contributed by atoms with Gasteiger partial charge in [0.05, 0.1) is 31.7 Å². The van der Waals surface area contributed by atoms with Crippen molar-refractivity contribution in [3.63, 3.8) is 0 Å². The fraction of sp³-hybridized carbons (Fsp3) is 0.435. The molecule has 292 valence electrons. The second-order valence-corrected chi connectivity index (χ2v) is 15.2. The molecule has 0 aromatic heterocycles. The molecule has 0 saturated heterocycles. The number of ether oxygens (including phenoxy) is 3. The summed E-state index contributed by atoms with van der Waals surface area (Å²) in [6, 6.07) is 32.3. The molecule has 2 fully saturated rings. The molecule has 4 aromatic rings. The normalized spacial score (nSPS) is 14.2. The van der Waals surface area contributed by atoms with Gasteiger partial charge in [-0.1, -0.05) is 100 Å². The van der Waals surface area contributed by atoms with Gasteiger partial charge in [-0.2, -0.15) is 0 Å². The molecule has 55 heavy (non-hydrogen) atoms. The maximum absolute atomic E-state index is 12.6. The molecule has 2 unspecified atom stereocenters. The number of carboxylic acid groups (broad SMARTS) is 1. The number of hydrogen-bond donors (Lipinski definition) is 1. The van der Waals surface area contributed by atoms with E-state index in [4.69, 9.17) is 14.2 Å². The van der Waals surface area contributed by atoms with Gasteiger partial charge in [0.25, 0.3) is 0 Å². The average molecular weight is 747 g/mol. The van der Waals surface area contributed by atoms with E-state index in [1.165, 1.54) is 25.7 Å².